The van der Waals surface area contributed by atoms with Crippen LogP contribution in [0.2, 0.25) is 0 Å². The fourth-order valence-electron chi connectivity index (χ4n) is 5.57. The zero-order valence-electron chi connectivity index (χ0n) is 19.6. The molecule has 0 aromatic rings. The first-order valence-electron chi connectivity index (χ1n) is 11.7. The third kappa shape index (κ3) is 5.67. The summed E-state index contributed by atoms with van der Waals surface area (Å²) in [5.74, 6) is 0.470. The predicted molar refractivity (Wildman–Crippen MR) is 126 cm³/mol. The average molecular weight is 429 g/mol. The Bertz CT molecular complexity index is 795. The van der Waals surface area contributed by atoms with Crippen molar-refractivity contribution in [3.05, 3.63) is 59.3 Å². The van der Waals surface area contributed by atoms with E-state index in [4.69, 9.17) is 4.74 Å². The topological polar surface area (TPSA) is 69.9 Å². The molecular weight excluding hydrogens is 388 g/mol. The molecule has 0 spiro atoms. The van der Waals surface area contributed by atoms with E-state index in [9.17, 15) is 15.3 Å². The molecular formula is C27H40O4. The van der Waals surface area contributed by atoms with Crippen molar-refractivity contribution in [3.8, 4) is 0 Å². The lowest BCUT2D eigenvalue weighted by molar-refractivity contribution is 0.0836. The van der Waals surface area contributed by atoms with Crippen molar-refractivity contribution in [2.45, 2.75) is 90.1 Å². The highest BCUT2D eigenvalue weighted by atomic mass is 16.5. The lowest BCUT2D eigenvalue weighted by atomic mass is 9.63. The molecule has 2 fully saturated rings. The lowest BCUT2D eigenvalue weighted by Gasteiger charge is -2.42. The van der Waals surface area contributed by atoms with Crippen molar-refractivity contribution in [1.82, 2.24) is 0 Å². The lowest BCUT2D eigenvalue weighted by Crippen LogP contribution is -2.34. The highest BCUT2D eigenvalue weighted by molar-refractivity contribution is 5.40. The van der Waals surface area contributed by atoms with Gasteiger partial charge in [0.2, 0.25) is 0 Å². The van der Waals surface area contributed by atoms with Crippen LogP contribution in [0.25, 0.3) is 0 Å². The largest absolute Gasteiger partial charge is 0.393 e. The van der Waals surface area contributed by atoms with Gasteiger partial charge in [-0.05, 0) is 80.9 Å². The van der Waals surface area contributed by atoms with E-state index in [-0.39, 0.29) is 11.5 Å². The second kappa shape index (κ2) is 9.58. The molecule has 31 heavy (non-hydrogen) atoms. The molecule has 2 saturated carbocycles. The second-order valence-corrected chi connectivity index (χ2v) is 10.3. The van der Waals surface area contributed by atoms with E-state index in [2.05, 4.69) is 38.7 Å². The molecule has 0 amide bonds. The Balaban J connectivity index is 1.70. The van der Waals surface area contributed by atoms with E-state index in [1.54, 1.807) is 19.9 Å². The summed E-state index contributed by atoms with van der Waals surface area (Å²) in [6, 6.07) is 0. The number of allylic oxidation sites excluding steroid dienone is 4. The summed E-state index contributed by atoms with van der Waals surface area (Å²) >= 11 is 0. The first kappa shape index (κ1) is 24.2. The van der Waals surface area contributed by atoms with Gasteiger partial charge in [0.05, 0.1) is 30.5 Å². The van der Waals surface area contributed by atoms with Crippen molar-refractivity contribution < 1.29 is 20.1 Å². The first-order chi connectivity index (χ1) is 14.5. The molecule has 3 aliphatic carbocycles. The normalized spacial score (nSPS) is 35.6. The van der Waals surface area contributed by atoms with E-state index < -0.39 is 17.8 Å². The fraction of sp³-hybridized carbons (Fsp3) is 0.630. The molecule has 0 heterocycles. The zero-order chi connectivity index (χ0) is 22.8. The number of fused-ring (bicyclic) bond motifs is 1. The maximum Gasteiger partial charge on any atom is 0.0811 e. The molecule has 0 aromatic heterocycles. The molecule has 0 saturated heterocycles. The van der Waals surface area contributed by atoms with Crippen LogP contribution in [-0.4, -0.2) is 45.8 Å². The number of hydrogen-bond acceptors (Lipinski definition) is 4. The molecule has 0 radical (unpaired) electrons. The summed E-state index contributed by atoms with van der Waals surface area (Å²) in [5, 5.41) is 29.9. The second-order valence-electron chi connectivity index (χ2n) is 10.3. The Hall–Kier alpha value is -1.46. The summed E-state index contributed by atoms with van der Waals surface area (Å²) in [7, 11) is 0. The van der Waals surface area contributed by atoms with Crippen LogP contribution in [0.4, 0.5) is 0 Å². The van der Waals surface area contributed by atoms with Gasteiger partial charge in [-0.3, -0.25) is 0 Å². The summed E-state index contributed by atoms with van der Waals surface area (Å²) in [6.07, 6.45) is 14.6. The number of aliphatic hydroxyl groups is 3. The molecule has 5 atom stereocenters. The van der Waals surface area contributed by atoms with Crippen molar-refractivity contribution >= 4 is 0 Å². The summed E-state index contributed by atoms with van der Waals surface area (Å²) in [6.45, 7) is 12.5. The Labute approximate surface area is 187 Å². The summed E-state index contributed by atoms with van der Waals surface area (Å²) in [5.41, 5.74) is 3.83. The van der Waals surface area contributed by atoms with Gasteiger partial charge in [0, 0.05) is 6.42 Å². The van der Waals surface area contributed by atoms with Gasteiger partial charge in [0.1, 0.15) is 0 Å². The fourth-order valence-corrected chi connectivity index (χ4v) is 5.57. The third-order valence-corrected chi connectivity index (χ3v) is 7.28. The minimum absolute atomic E-state index is 0.0441. The molecule has 0 aliphatic heterocycles. The highest BCUT2D eigenvalue weighted by Crippen LogP contribution is 2.55. The van der Waals surface area contributed by atoms with E-state index in [1.165, 1.54) is 11.1 Å². The SMILES string of the molecule is C=C1C(=CC=C2CCC[C@]3(C)C([C@H](C)OC/C=C\C(C)(C)O)=CC[C@@H]23)C[C@@H](O)C[C@@H]1O. The number of ether oxygens (including phenoxy) is 1. The summed E-state index contributed by atoms with van der Waals surface area (Å²) in [4.78, 5) is 0. The molecule has 3 rings (SSSR count). The quantitative estimate of drug-likeness (QED) is 0.533. The number of aliphatic hydroxyl groups excluding tert-OH is 2. The van der Waals surface area contributed by atoms with Crippen molar-refractivity contribution in [2.24, 2.45) is 11.3 Å². The van der Waals surface area contributed by atoms with Crippen LogP contribution < -0.4 is 0 Å². The van der Waals surface area contributed by atoms with Gasteiger partial charge in [0.25, 0.3) is 0 Å². The van der Waals surface area contributed by atoms with Crippen LogP contribution in [0.3, 0.4) is 0 Å². The Kier molecular flexibility index (Phi) is 7.47. The van der Waals surface area contributed by atoms with E-state index in [1.807, 2.05) is 6.08 Å². The van der Waals surface area contributed by atoms with Crippen LogP contribution in [0, 0.1) is 11.3 Å². The van der Waals surface area contributed by atoms with Gasteiger partial charge in [-0.1, -0.05) is 49.5 Å². The van der Waals surface area contributed by atoms with Gasteiger partial charge in [-0.15, -0.1) is 0 Å². The van der Waals surface area contributed by atoms with Crippen molar-refractivity contribution in [2.75, 3.05) is 6.61 Å². The van der Waals surface area contributed by atoms with Crippen molar-refractivity contribution in [1.29, 1.82) is 0 Å². The Morgan fingerprint density at radius 3 is 2.77 bits per heavy atom. The molecule has 0 unspecified atom stereocenters. The van der Waals surface area contributed by atoms with E-state index >= 15 is 0 Å². The van der Waals surface area contributed by atoms with Crippen LogP contribution in [0.1, 0.15) is 66.2 Å². The molecule has 3 aliphatic rings. The molecule has 0 bridgehead atoms. The molecule has 4 heteroatoms. The van der Waals surface area contributed by atoms with Crippen LogP contribution >= 0.6 is 0 Å². The maximum absolute atomic E-state index is 10.1. The van der Waals surface area contributed by atoms with Gasteiger partial charge in [-0.25, -0.2) is 0 Å². The average Bonchev–Trinajstić information content (AvgIpc) is 3.03. The Morgan fingerprint density at radius 1 is 1.32 bits per heavy atom. The summed E-state index contributed by atoms with van der Waals surface area (Å²) < 4.78 is 6.10. The molecule has 172 valence electrons. The zero-order valence-corrected chi connectivity index (χ0v) is 19.6. The van der Waals surface area contributed by atoms with E-state index in [0.717, 1.165) is 36.8 Å². The maximum atomic E-state index is 10.1. The highest BCUT2D eigenvalue weighted by Gasteiger charge is 2.46. The van der Waals surface area contributed by atoms with Gasteiger partial charge in [0.15, 0.2) is 0 Å². The van der Waals surface area contributed by atoms with Gasteiger partial charge < -0.3 is 20.1 Å². The molecule has 4 nitrogen and oxygen atoms in total. The predicted octanol–water partition coefficient (Wildman–Crippen LogP) is 4.78. The number of rotatable bonds is 6. The van der Waals surface area contributed by atoms with Crippen LogP contribution in [-0.2, 0) is 4.74 Å². The van der Waals surface area contributed by atoms with E-state index in [0.29, 0.717) is 25.4 Å². The monoisotopic (exact) mass is 428 g/mol. The standard InChI is InChI=1S/C27H40O4/c1-18-21(16-22(28)17-25(18)29)10-9-20-8-6-14-27(5)23(11-12-24(20)27)19(2)31-15-7-13-26(3,4)30/h7,9-11,13,19,22,24-25,28-30H,1,6,8,12,14-17H2,2-5H3/b13-7-,20-9?,21-10?/t19-,22+,24-,25-,27+/m0/s1. The number of hydrogen-bond donors (Lipinski definition) is 3. The smallest absolute Gasteiger partial charge is 0.0811 e. The Morgan fingerprint density at radius 2 is 2.06 bits per heavy atom. The van der Waals surface area contributed by atoms with Gasteiger partial charge >= 0.3 is 0 Å². The molecule has 0 aromatic carbocycles. The van der Waals surface area contributed by atoms with Crippen molar-refractivity contribution in [3.63, 3.8) is 0 Å². The van der Waals surface area contributed by atoms with Crippen LogP contribution in [0.15, 0.2) is 59.3 Å². The van der Waals surface area contributed by atoms with Gasteiger partial charge in [-0.2, -0.15) is 0 Å². The minimum Gasteiger partial charge on any atom is -0.393 e. The molecule has 3 N–H and O–H groups in total. The van der Waals surface area contributed by atoms with Crippen LogP contribution in [0.5, 0.6) is 0 Å². The minimum atomic E-state index is -0.816. The third-order valence-electron chi connectivity index (χ3n) is 7.28. The first-order valence-corrected chi connectivity index (χ1v) is 11.7.